The van der Waals surface area contributed by atoms with Crippen LogP contribution in [0.2, 0.25) is 0 Å². The number of dihydropyridines is 1. The molecule has 2 aromatic carbocycles. The van der Waals surface area contributed by atoms with Gasteiger partial charge < -0.3 is 10.2 Å². The van der Waals surface area contributed by atoms with Crippen LogP contribution in [0.25, 0.3) is 0 Å². The predicted octanol–water partition coefficient (Wildman–Crippen LogP) is 5.37. The van der Waals surface area contributed by atoms with Gasteiger partial charge in [0.2, 0.25) is 0 Å². The Morgan fingerprint density at radius 1 is 1.19 bits per heavy atom. The first-order chi connectivity index (χ1) is 15.4. The fourth-order valence-corrected chi connectivity index (χ4v) is 4.78. The number of nitrogens with one attached hydrogen (secondary N) is 1. The highest BCUT2D eigenvalue weighted by Crippen LogP contribution is 2.35. The number of rotatable bonds is 5. The fourth-order valence-electron chi connectivity index (χ4n) is 4.51. The number of amides is 1. The number of hydrogen-bond donors (Lipinski definition) is 2. The average Bonchev–Trinajstić information content (AvgIpc) is 2.82. The number of aliphatic imine (C=N–C) groups is 1. The molecule has 0 radical (unpaired) electrons. The van der Waals surface area contributed by atoms with Crippen molar-refractivity contribution in [3.05, 3.63) is 76.7 Å². The fraction of sp³-hybridized carbons (Fsp3) is 0.385. The van der Waals surface area contributed by atoms with Crippen molar-refractivity contribution in [3.63, 3.8) is 0 Å². The number of para-hydroxylation sites is 1. The van der Waals surface area contributed by atoms with Gasteiger partial charge >= 0.3 is 0 Å². The highest BCUT2D eigenvalue weighted by Gasteiger charge is 2.36. The zero-order chi connectivity index (χ0) is 22.7. The summed E-state index contributed by atoms with van der Waals surface area (Å²) in [6, 6.07) is 14.8. The molecule has 1 amide bonds. The van der Waals surface area contributed by atoms with Crippen molar-refractivity contribution in [2.45, 2.75) is 43.8 Å². The molecular formula is C26H30FN3OS. The van der Waals surface area contributed by atoms with Gasteiger partial charge in [0.1, 0.15) is 5.82 Å². The molecule has 32 heavy (non-hydrogen) atoms. The average molecular weight is 452 g/mol. The molecule has 0 saturated carbocycles. The van der Waals surface area contributed by atoms with Gasteiger partial charge in [-0.05, 0) is 61.4 Å². The normalized spacial score (nSPS) is 21.7. The largest absolute Gasteiger partial charge is 0.357 e. The van der Waals surface area contributed by atoms with Gasteiger partial charge in [0, 0.05) is 30.7 Å². The van der Waals surface area contributed by atoms with Gasteiger partial charge in [0.05, 0.1) is 16.9 Å². The summed E-state index contributed by atoms with van der Waals surface area (Å²) in [5.74, 6) is 0.163. The summed E-state index contributed by atoms with van der Waals surface area (Å²) in [7, 11) is 0. The van der Waals surface area contributed by atoms with Crippen molar-refractivity contribution < 1.29 is 9.18 Å². The van der Waals surface area contributed by atoms with Crippen LogP contribution in [-0.4, -0.2) is 41.4 Å². The molecule has 1 N–H and O–H groups in total. The standard InChI is InChI=1S/C26H30FN3OS/c1-3-26(32)17-28-16-22(24(26)29-23-7-5-4-6-18(23)2)25(31)30-14-12-20(13-15-30)19-8-10-21(27)11-9-19/h4-11,17,20,29,32H,3,12-16H2,1-2H3. The van der Waals surface area contributed by atoms with Crippen LogP contribution in [0.5, 0.6) is 0 Å². The van der Waals surface area contributed by atoms with Crippen LogP contribution in [0.15, 0.2) is 64.8 Å². The maximum atomic E-state index is 13.6. The van der Waals surface area contributed by atoms with E-state index in [9.17, 15) is 9.18 Å². The van der Waals surface area contributed by atoms with E-state index in [0.29, 0.717) is 31.1 Å². The first-order valence-corrected chi connectivity index (χ1v) is 11.7. The lowest BCUT2D eigenvalue weighted by atomic mass is 9.88. The Balaban J connectivity index is 1.56. The Morgan fingerprint density at radius 2 is 1.88 bits per heavy atom. The first-order valence-electron chi connectivity index (χ1n) is 11.3. The molecule has 0 aliphatic carbocycles. The quantitative estimate of drug-likeness (QED) is 0.601. The summed E-state index contributed by atoms with van der Waals surface area (Å²) >= 11 is 4.93. The number of anilines is 1. The van der Waals surface area contributed by atoms with E-state index < -0.39 is 4.75 Å². The number of thiol groups is 1. The van der Waals surface area contributed by atoms with Crippen molar-refractivity contribution >= 4 is 30.4 Å². The Kier molecular flexibility index (Phi) is 6.70. The Bertz CT molecular complexity index is 1040. The first kappa shape index (κ1) is 22.6. The molecule has 0 spiro atoms. The van der Waals surface area contributed by atoms with Gasteiger partial charge in [-0.2, -0.15) is 12.6 Å². The summed E-state index contributed by atoms with van der Waals surface area (Å²) in [4.78, 5) is 20.0. The van der Waals surface area contributed by atoms with E-state index in [1.165, 1.54) is 12.1 Å². The predicted molar refractivity (Wildman–Crippen MR) is 132 cm³/mol. The van der Waals surface area contributed by atoms with Crippen LogP contribution in [0, 0.1) is 12.7 Å². The van der Waals surface area contributed by atoms with E-state index >= 15 is 0 Å². The Hall–Kier alpha value is -2.60. The van der Waals surface area contributed by atoms with Crippen LogP contribution in [0.4, 0.5) is 10.1 Å². The maximum Gasteiger partial charge on any atom is 0.253 e. The molecule has 2 aromatic rings. The smallest absolute Gasteiger partial charge is 0.253 e. The molecule has 2 aliphatic heterocycles. The molecule has 0 bridgehead atoms. The Morgan fingerprint density at radius 3 is 2.53 bits per heavy atom. The van der Waals surface area contributed by atoms with Crippen LogP contribution < -0.4 is 5.32 Å². The number of halogens is 1. The second kappa shape index (κ2) is 9.49. The molecule has 4 rings (SSSR count). The second-order valence-corrected chi connectivity index (χ2v) is 9.46. The van der Waals surface area contributed by atoms with Crippen molar-refractivity contribution in [2.24, 2.45) is 4.99 Å². The summed E-state index contributed by atoms with van der Waals surface area (Å²) in [6.45, 7) is 5.82. The number of likely N-dealkylation sites (tertiary alicyclic amines) is 1. The van der Waals surface area contributed by atoms with Crippen LogP contribution in [0.1, 0.15) is 43.2 Å². The molecule has 2 heterocycles. The molecule has 1 atom stereocenters. The van der Waals surface area contributed by atoms with Crippen molar-refractivity contribution in [3.8, 4) is 0 Å². The zero-order valence-electron chi connectivity index (χ0n) is 18.6. The van der Waals surface area contributed by atoms with E-state index in [4.69, 9.17) is 12.6 Å². The van der Waals surface area contributed by atoms with E-state index in [2.05, 4.69) is 17.2 Å². The zero-order valence-corrected chi connectivity index (χ0v) is 19.5. The minimum atomic E-state index is -0.613. The van der Waals surface area contributed by atoms with E-state index in [1.54, 1.807) is 0 Å². The maximum absolute atomic E-state index is 13.6. The third kappa shape index (κ3) is 4.60. The van der Waals surface area contributed by atoms with Gasteiger partial charge in [-0.3, -0.25) is 9.79 Å². The third-order valence-electron chi connectivity index (χ3n) is 6.61. The lowest BCUT2D eigenvalue weighted by Gasteiger charge is -2.36. The number of hydrogen-bond acceptors (Lipinski definition) is 4. The number of carbonyl (C=O) groups is 1. The van der Waals surface area contributed by atoms with Crippen molar-refractivity contribution in [1.82, 2.24) is 4.90 Å². The van der Waals surface area contributed by atoms with E-state index in [-0.39, 0.29) is 11.7 Å². The molecule has 168 valence electrons. The monoisotopic (exact) mass is 451 g/mol. The minimum Gasteiger partial charge on any atom is -0.357 e. The van der Waals surface area contributed by atoms with Crippen LogP contribution >= 0.6 is 12.6 Å². The van der Waals surface area contributed by atoms with Crippen LogP contribution in [0.3, 0.4) is 0 Å². The summed E-state index contributed by atoms with van der Waals surface area (Å²) < 4.78 is 12.6. The molecule has 0 aromatic heterocycles. The molecular weight excluding hydrogens is 421 g/mol. The summed E-state index contributed by atoms with van der Waals surface area (Å²) in [6.07, 6.45) is 4.31. The molecule has 1 saturated heterocycles. The van der Waals surface area contributed by atoms with Gasteiger partial charge in [0.15, 0.2) is 0 Å². The molecule has 1 fully saturated rings. The highest BCUT2D eigenvalue weighted by molar-refractivity contribution is 7.83. The van der Waals surface area contributed by atoms with Gasteiger partial charge in [-0.1, -0.05) is 37.3 Å². The van der Waals surface area contributed by atoms with Gasteiger partial charge in [-0.25, -0.2) is 4.39 Å². The number of piperidine rings is 1. The van der Waals surface area contributed by atoms with E-state index in [1.807, 2.05) is 54.4 Å². The molecule has 2 aliphatic rings. The van der Waals surface area contributed by atoms with Crippen LogP contribution in [-0.2, 0) is 4.79 Å². The molecule has 6 heteroatoms. The van der Waals surface area contributed by atoms with Gasteiger partial charge in [0.25, 0.3) is 5.91 Å². The molecule has 1 unspecified atom stereocenters. The topological polar surface area (TPSA) is 44.7 Å². The highest BCUT2D eigenvalue weighted by atomic mass is 32.1. The lowest BCUT2D eigenvalue weighted by Crippen LogP contribution is -2.43. The minimum absolute atomic E-state index is 0.0300. The lowest BCUT2D eigenvalue weighted by molar-refractivity contribution is -0.128. The number of nitrogens with zero attached hydrogens (tertiary/aromatic N) is 2. The summed E-state index contributed by atoms with van der Waals surface area (Å²) in [5, 5.41) is 3.53. The SMILES string of the molecule is CCC1(S)C=NCC(C(=O)N2CCC(c3ccc(F)cc3)CC2)=C1Nc1ccccc1C. The number of aryl methyl sites for hydroxylation is 1. The van der Waals surface area contributed by atoms with Gasteiger partial charge in [-0.15, -0.1) is 0 Å². The third-order valence-corrected chi connectivity index (χ3v) is 7.27. The number of benzene rings is 2. The second-order valence-electron chi connectivity index (χ2n) is 8.66. The van der Waals surface area contributed by atoms with Crippen molar-refractivity contribution in [1.29, 1.82) is 0 Å². The summed E-state index contributed by atoms with van der Waals surface area (Å²) in [5.41, 5.74) is 4.75. The Labute approximate surface area is 195 Å². The van der Waals surface area contributed by atoms with E-state index in [0.717, 1.165) is 41.8 Å². The number of carbonyl (C=O) groups excluding carboxylic acids is 1. The molecule has 4 nitrogen and oxygen atoms in total. The van der Waals surface area contributed by atoms with Crippen molar-refractivity contribution in [2.75, 3.05) is 25.0 Å².